The molecular weight excluding hydrogens is 218 g/mol. The van der Waals surface area contributed by atoms with Crippen molar-refractivity contribution >= 4 is 23.5 Å². The van der Waals surface area contributed by atoms with Gasteiger partial charge in [-0.2, -0.15) is 0 Å². The molecule has 1 rings (SSSR count). The summed E-state index contributed by atoms with van der Waals surface area (Å²) in [5, 5.41) is 10.9. The Morgan fingerprint density at radius 2 is 2.33 bits per heavy atom. The van der Waals surface area contributed by atoms with E-state index in [0.29, 0.717) is 6.42 Å². The fourth-order valence-corrected chi connectivity index (χ4v) is 1.34. The monoisotopic (exact) mass is 228 g/mol. The van der Waals surface area contributed by atoms with Gasteiger partial charge in [0.05, 0.1) is 6.42 Å². The Morgan fingerprint density at radius 3 is 2.87 bits per heavy atom. The lowest BCUT2D eigenvalue weighted by Crippen LogP contribution is -2.42. The van der Waals surface area contributed by atoms with E-state index in [-0.39, 0.29) is 18.9 Å². The lowest BCUT2D eigenvalue weighted by Gasteiger charge is -2.22. The van der Waals surface area contributed by atoms with Gasteiger partial charge in [-0.25, -0.2) is 0 Å². The molecule has 1 atom stereocenters. The number of carbonyl (C=O) groups is 2. The minimum absolute atomic E-state index is 0.0835. The van der Waals surface area contributed by atoms with Crippen LogP contribution >= 0.6 is 11.6 Å². The van der Waals surface area contributed by atoms with E-state index in [1.807, 2.05) is 0 Å². The maximum Gasteiger partial charge on any atom is 0.305 e. The first-order chi connectivity index (χ1) is 7.04. The van der Waals surface area contributed by atoms with E-state index in [1.165, 1.54) is 0 Å². The first-order valence-corrected chi connectivity index (χ1v) is 4.86. The number of carbonyl (C=O) groups excluding carboxylic acids is 1. The van der Waals surface area contributed by atoms with E-state index in [1.54, 1.807) is 18.2 Å². The van der Waals surface area contributed by atoms with Crippen molar-refractivity contribution in [1.29, 1.82) is 0 Å². The third-order valence-corrected chi connectivity index (χ3v) is 2.37. The Kier molecular flexibility index (Phi) is 3.91. The van der Waals surface area contributed by atoms with Crippen LogP contribution < -0.4 is 5.32 Å². The summed E-state index contributed by atoms with van der Waals surface area (Å²) in [5.74, 6) is -1.34. The molecule has 5 heteroatoms. The first kappa shape index (κ1) is 11.8. The summed E-state index contributed by atoms with van der Waals surface area (Å²) >= 11 is 6.01. The highest BCUT2D eigenvalue weighted by Gasteiger charge is 2.32. The van der Waals surface area contributed by atoms with Crippen LogP contribution in [0.4, 0.5) is 0 Å². The predicted octanol–water partition coefficient (Wildman–Crippen LogP) is 0.874. The number of carboxylic acid groups (broad SMARTS) is 1. The van der Waals surface area contributed by atoms with Crippen molar-refractivity contribution < 1.29 is 14.7 Å². The maximum absolute atomic E-state index is 11.6. The Labute approximate surface area is 92.6 Å². The molecule has 2 N–H and O–H groups in total. The van der Waals surface area contributed by atoms with E-state index in [9.17, 15) is 9.59 Å². The molecule has 0 fully saturated rings. The second-order valence-corrected chi connectivity index (χ2v) is 3.84. The summed E-state index contributed by atoms with van der Waals surface area (Å²) < 4.78 is 0. The van der Waals surface area contributed by atoms with Gasteiger partial charge in [-0.05, 0) is 6.08 Å². The molecular formula is C10H11ClNO3. The zero-order valence-electron chi connectivity index (χ0n) is 8.00. The molecule has 0 aromatic rings. The molecule has 0 spiro atoms. The van der Waals surface area contributed by atoms with Gasteiger partial charge in [-0.15, -0.1) is 11.6 Å². The number of aliphatic carboxylic acids is 1. The first-order valence-electron chi connectivity index (χ1n) is 4.48. The molecule has 1 aliphatic rings. The highest BCUT2D eigenvalue weighted by atomic mass is 35.5. The smallest absolute Gasteiger partial charge is 0.305 e. The minimum atomic E-state index is -1.12. The topological polar surface area (TPSA) is 66.4 Å². The van der Waals surface area contributed by atoms with Crippen LogP contribution in [0.3, 0.4) is 0 Å². The Balaban J connectivity index is 2.43. The van der Waals surface area contributed by atoms with Crippen molar-refractivity contribution in [3.05, 3.63) is 24.3 Å². The van der Waals surface area contributed by atoms with Crippen LogP contribution in [0.25, 0.3) is 0 Å². The molecule has 0 heterocycles. The molecule has 0 saturated carbocycles. The minimum Gasteiger partial charge on any atom is -0.481 e. The number of nitrogens with one attached hydrogen (secondary N) is 1. The lowest BCUT2D eigenvalue weighted by atomic mass is 9.99. The van der Waals surface area contributed by atoms with Gasteiger partial charge in [0.15, 0.2) is 0 Å². The van der Waals surface area contributed by atoms with Gasteiger partial charge in [0.1, 0.15) is 4.87 Å². The van der Waals surface area contributed by atoms with Gasteiger partial charge >= 0.3 is 5.97 Å². The molecule has 0 aromatic carbocycles. The number of hydrogen-bond acceptors (Lipinski definition) is 2. The van der Waals surface area contributed by atoms with Crippen LogP contribution in [0, 0.1) is 6.08 Å². The molecule has 0 saturated heterocycles. The Hall–Kier alpha value is -1.29. The summed E-state index contributed by atoms with van der Waals surface area (Å²) in [6.45, 7) is 0.0835. The standard InChI is InChI=1S/C10H11ClNO3/c11-10(5-2-1-3-6-10)9(15)12-7-4-8(13)14/h1-2,5H,4,6-7H2,(H,12,15)(H,13,14). The molecule has 4 nitrogen and oxygen atoms in total. The quantitative estimate of drug-likeness (QED) is 0.702. The maximum atomic E-state index is 11.6. The number of alkyl halides is 1. The average molecular weight is 229 g/mol. The fourth-order valence-electron chi connectivity index (χ4n) is 1.12. The predicted molar refractivity (Wildman–Crippen MR) is 55.4 cm³/mol. The van der Waals surface area contributed by atoms with Gasteiger partial charge in [0, 0.05) is 13.0 Å². The SMILES string of the molecule is O=C(O)CCNC(=O)C1(Cl)C=CC=[C]C1. The van der Waals surface area contributed by atoms with Crippen molar-refractivity contribution in [2.75, 3.05) is 6.54 Å². The molecule has 1 aliphatic carbocycles. The van der Waals surface area contributed by atoms with Crippen LogP contribution in [0.15, 0.2) is 18.2 Å². The molecule has 1 amide bonds. The summed E-state index contributed by atoms with van der Waals surface area (Å²) in [4.78, 5) is 20.7. The fraction of sp³-hybridized carbons (Fsp3) is 0.400. The summed E-state index contributed by atoms with van der Waals surface area (Å²) in [5.41, 5.74) is 0. The zero-order valence-corrected chi connectivity index (χ0v) is 8.75. The molecule has 15 heavy (non-hydrogen) atoms. The molecule has 0 aliphatic heterocycles. The van der Waals surface area contributed by atoms with E-state index in [2.05, 4.69) is 11.4 Å². The third kappa shape index (κ3) is 3.40. The normalized spacial score (nSPS) is 23.8. The van der Waals surface area contributed by atoms with Crippen LogP contribution in [0.5, 0.6) is 0 Å². The molecule has 0 bridgehead atoms. The number of halogens is 1. The molecule has 1 unspecified atom stereocenters. The van der Waals surface area contributed by atoms with E-state index >= 15 is 0 Å². The number of allylic oxidation sites excluding steroid dienone is 3. The Bertz CT molecular complexity index is 325. The van der Waals surface area contributed by atoms with Gasteiger partial charge < -0.3 is 10.4 Å². The number of hydrogen-bond donors (Lipinski definition) is 2. The highest BCUT2D eigenvalue weighted by molar-refractivity contribution is 6.36. The summed E-state index contributed by atoms with van der Waals surface area (Å²) in [6, 6.07) is 0. The van der Waals surface area contributed by atoms with Gasteiger partial charge in [-0.1, -0.05) is 18.2 Å². The van der Waals surface area contributed by atoms with Crippen molar-refractivity contribution in [3.8, 4) is 0 Å². The van der Waals surface area contributed by atoms with E-state index < -0.39 is 10.8 Å². The average Bonchev–Trinajstić information content (AvgIpc) is 2.18. The van der Waals surface area contributed by atoms with Crippen LogP contribution in [0.1, 0.15) is 12.8 Å². The Morgan fingerprint density at radius 1 is 1.60 bits per heavy atom. The van der Waals surface area contributed by atoms with E-state index in [4.69, 9.17) is 16.7 Å². The van der Waals surface area contributed by atoms with Crippen LogP contribution in [-0.4, -0.2) is 28.4 Å². The summed E-state index contributed by atoms with van der Waals surface area (Å²) in [6.07, 6.45) is 7.92. The van der Waals surface area contributed by atoms with Gasteiger partial charge in [0.25, 0.3) is 0 Å². The van der Waals surface area contributed by atoms with Crippen LogP contribution in [0.2, 0.25) is 0 Å². The number of rotatable bonds is 4. The van der Waals surface area contributed by atoms with Gasteiger partial charge in [0.2, 0.25) is 5.91 Å². The molecule has 81 valence electrons. The van der Waals surface area contributed by atoms with Crippen molar-refractivity contribution in [3.63, 3.8) is 0 Å². The zero-order chi connectivity index (χ0) is 11.3. The van der Waals surface area contributed by atoms with Crippen molar-refractivity contribution in [2.45, 2.75) is 17.7 Å². The largest absolute Gasteiger partial charge is 0.481 e. The molecule has 1 radical (unpaired) electrons. The van der Waals surface area contributed by atoms with Gasteiger partial charge in [-0.3, -0.25) is 9.59 Å². The highest BCUT2D eigenvalue weighted by Crippen LogP contribution is 2.25. The summed E-state index contributed by atoms with van der Waals surface area (Å²) in [7, 11) is 0. The third-order valence-electron chi connectivity index (χ3n) is 1.94. The van der Waals surface area contributed by atoms with Crippen LogP contribution in [-0.2, 0) is 9.59 Å². The lowest BCUT2D eigenvalue weighted by molar-refractivity contribution is -0.136. The second kappa shape index (κ2) is 4.98. The second-order valence-electron chi connectivity index (χ2n) is 3.17. The van der Waals surface area contributed by atoms with E-state index in [0.717, 1.165) is 0 Å². The molecule has 0 aromatic heterocycles. The van der Waals surface area contributed by atoms with Crippen molar-refractivity contribution in [1.82, 2.24) is 5.32 Å². The number of amides is 1. The number of carboxylic acids is 1. The van der Waals surface area contributed by atoms with Crippen molar-refractivity contribution in [2.24, 2.45) is 0 Å².